The van der Waals surface area contributed by atoms with E-state index in [9.17, 15) is 0 Å². The summed E-state index contributed by atoms with van der Waals surface area (Å²) in [5.41, 5.74) is 6.70. The lowest BCUT2D eigenvalue weighted by Gasteiger charge is -2.07. The Kier molecular flexibility index (Phi) is 4.74. The van der Waals surface area contributed by atoms with Crippen LogP contribution in [0.15, 0.2) is 29.0 Å². The number of aromatic nitrogens is 2. The predicted molar refractivity (Wildman–Crippen MR) is 84.4 cm³/mol. The molecule has 1 heterocycles. The Morgan fingerprint density at radius 1 is 1.30 bits per heavy atom. The molecule has 0 spiro atoms. The van der Waals surface area contributed by atoms with Crippen LogP contribution in [0.4, 0.5) is 5.82 Å². The topological polar surface area (TPSA) is 61.0 Å². The summed E-state index contributed by atoms with van der Waals surface area (Å²) >= 11 is 3.23. The molecule has 104 valence electrons. The van der Waals surface area contributed by atoms with E-state index < -0.39 is 0 Å². The molecule has 1 aromatic carbocycles. The SMILES string of the molecule is C/C=c1/cccc(COc2cnc(N)c(Br)n2)/c1=C/C. The summed E-state index contributed by atoms with van der Waals surface area (Å²) in [6.45, 7) is 4.48. The molecule has 20 heavy (non-hydrogen) atoms. The lowest BCUT2D eigenvalue weighted by Crippen LogP contribution is -2.28. The first-order valence-corrected chi connectivity index (χ1v) is 7.06. The van der Waals surface area contributed by atoms with E-state index in [1.54, 1.807) is 0 Å². The molecule has 0 aliphatic heterocycles. The maximum atomic E-state index is 5.68. The van der Waals surface area contributed by atoms with Crippen molar-refractivity contribution in [2.45, 2.75) is 20.5 Å². The van der Waals surface area contributed by atoms with Crippen molar-refractivity contribution in [1.82, 2.24) is 9.97 Å². The number of rotatable bonds is 3. The van der Waals surface area contributed by atoms with Gasteiger partial charge in [-0.25, -0.2) is 9.97 Å². The molecule has 0 amide bonds. The Labute approximate surface area is 126 Å². The molecule has 0 saturated carbocycles. The summed E-state index contributed by atoms with van der Waals surface area (Å²) in [5.74, 6) is 0.793. The van der Waals surface area contributed by atoms with Crippen molar-refractivity contribution in [2.24, 2.45) is 0 Å². The lowest BCUT2D eigenvalue weighted by molar-refractivity contribution is 0.291. The van der Waals surface area contributed by atoms with E-state index in [0.29, 0.717) is 22.9 Å². The van der Waals surface area contributed by atoms with Gasteiger partial charge in [0.05, 0.1) is 6.20 Å². The first-order valence-electron chi connectivity index (χ1n) is 6.27. The summed E-state index contributed by atoms with van der Waals surface area (Å²) in [5, 5.41) is 2.37. The second kappa shape index (κ2) is 6.52. The highest BCUT2D eigenvalue weighted by Gasteiger charge is 2.03. The van der Waals surface area contributed by atoms with Crippen molar-refractivity contribution >= 4 is 33.9 Å². The number of anilines is 1. The van der Waals surface area contributed by atoms with Gasteiger partial charge >= 0.3 is 0 Å². The first-order chi connectivity index (χ1) is 9.65. The number of nitrogens with two attached hydrogens (primary N) is 1. The smallest absolute Gasteiger partial charge is 0.233 e. The average molecular weight is 334 g/mol. The molecule has 0 saturated heterocycles. The monoisotopic (exact) mass is 333 g/mol. The van der Waals surface area contributed by atoms with Crippen LogP contribution in [0.25, 0.3) is 12.2 Å². The third-order valence-electron chi connectivity index (χ3n) is 2.94. The van der Waals surface area contributed by atoms with Crippen LogP contribution in [0.5, 0.6) is 5.88 Å². The summed E-state index contributed by atoms with van der Waals surface area (Å²) in [6, 6.07) is 6.14. The molecule has 0 radical (unpaired) electrons. The van der Waals surface area contributed by atoms with Gasteiger partial charge in [-0.2, -0.15) is 0 Å². The van der Waals surface area contributed by atoms with Crippen LogP contribution in [-0.2, 0) is 6.61 Å². The zero-order chi connectivity index (χ0) is 14.5. The van der Waals surface area contributed by atoms with Gasteiger partial charge in [0, 0.05) is 0 Å². The quantitative estimate of drug-likeness (QED) is 0.933. The summed E-state index contributed by atoms with van der Waals surface area (Å²) in [6.07, 6.45) is 5.68. The van der Waals surface area contributed by atoms with E-state index in [1.165, 1.54) is 16.6 Å². The van der Waals surface area contributed by atoms with Crippen LogP contribution in [0.2, 0.25) is 0 Å². The lowest BCUT2D eigenvalue weighted by atomic mass is 10.1. The highest BCUT2D eigenvalue weighted by atomic mass is 79.9. The van der Waals surface area contributed by atoms with Crippen LogP contribution in [0, 0.1) is 0 Å². The summed E-state index contributed by atoms with van der Waals surface area (Å²) < 4.78 is 6.17. The van der Waals surface area contributed by atoms with Gasteiger partial charge in [0.1, 0.15) is 6.61 Å². The van der Waals surface area contributed by atoms with E-state index in [-0.39, 0.29) is 0 Å². The standard InChI is InChI=1S/C15H16BrN3O/c1-3-10-6-5-7-11(12(10)4-2)9-20-13-8-18-15(17)14(16)19-13/h3-8H,9H2,1-2H3,(H2,17,18)/b10-3-,12-4+. The molecular formula is C15H16BrN3O. The molecule has 1 aromatic heterocycles. The minimum Gasteiger partial charge on any atom is -0.472 e. The second-order valence-electron chi connectivity index (χ2n) is 4.17. The van der Waals surface area contributed by atoms with Gasteiger partial charge in [0.2, 0.25) is 5.88 Å². The molecule has 4 nitrogen and oxygen atoms in total. The molecule has 2 N–H and O–H groups in total. The Balaban J connectivity index is 2.26. The molecule has 5 heteroatoms. The Bertz CT molecular complexity index is 728. The Hall–Kier alpha value is -1.88. The summed E-state index contributed by atoms with van der Waals surface area (Å²) in [7, 11) is 0. The number of ether oxygens (including phenoxy) is 1. The van der Waals surface area contributed by atoms with Crippen molar-refractivity contribution < 1.29 is 4.74 Å². The molecule has 0 aliphatic rings. The van der Waals surface area contributed by atoms with Gasteiger partial charge in [0.15, 0.2) is 10.4 Å². The molecular weight excluding hydrogens is 318 g/mol. The number of hydrogen-bond acceptors (Lipinski definition) is 4. The van der Waals surface area contributed by atoms with Crippen LogP contribution in [-0.4, -0.2) is 9.97 Å². The fraction of sp³-hybridized carbons (Fsp3) is 0.200. The van der Waals surface area contributed by atoms with Crippen LogP contribution in [0.1, 0.15) is 19.4 Å². The molecule has 0 bridgehead atoms. The fourth-order valence-corrected chi connectivity index (χ4v) is 2.22. The van der Waals surface area contributed by atoms with Crippen molar-refractivity contribution in [2.75, 3.05) is 5.73 Å². The van der Waals surface area contributed by atoms with Crippen molar-refractivity contribution in [3.63, 3.8) is 0 Å². The third kappa shape index (κ3) is 3.17. The Morgan fingerprint density at radius 3 is 2.75 bits per heavy atom. The average Bonchev–Trinajstić information content (AvgIpc) is 2.47. The summed E-state index contributed by atoms with van der Waals surface area (Å²) in [4.78, 5) is 8.17. The number of nitrogens with zero attached hydrogens (tertiary/aromatic N) is 2. The fourth-order valence-electron chi connectivity index (χ4n) is 1.94. The van der Waals surface area contributed by atoms with Crippen molar-refractivity contribution in [3.8, 4) is 5.88 Å². The van der Waals surface area contributed by atoms with Crippen LogP contribution < -0.4 is 20.9 Å². The van der Waals surface area contributed by atoms with Gasteiger partial charge in [-0.3, -0.25) is 0 Å². The van der Waals surface area contributed by atoms with Gasteiger partial charge in [-0.15, -0.1) is 0 Å². The van der Waals surface area contributed by atoms with Gasteiger partial charge < -0.3 is 10.5 Å². The van der Waals surface area contributed by atoms with Gasteiger partial charge in [-0.1, -0.05) is 30.4 Å². The van der Waals surface area contributed by atoms with Crippen molar-refractivity contribution in [1.29, 1.82) is 0 Å². The molecule has 2 aromatic rings. The first kappa shape index (κ1) is 14.5. The van der Waals surface area contributed by atoms with E-state index in [1.807, 2.05) is 26.0 Å². The largest absolute Gasteiger partial charge is 0.472 e. The molecule has 0 unspecified atom stereocenters. The van der Waals surface area contributed by atoms with Crippen molar-refractivity contribution in [3.05, 3.63) is 45.0 Å². The maximum Gasteiger partial charge on any atom is 0.233 e. The number of nitrogen functional groups attached to an aromatic ring is 1. The Morgan fingerprint density at radius 2 is 2.10 bits per heavy atom. The molecule has 0 atom stereocenters. The molecule has 2 rings (SSSR count). The maximum absolute atomic E-state index is 5.68. The van der Waals surface area contributed by atoms with E-state index in [4.69, 9.17) is 10.5 Å². The van der Waals surface area contributed by atoms with E-state index in [2.05, 4.69) is 44.1 Å². The van der Waals surface area contributed by atoms with Crippen LogP contribution >= 0.6 is 15.9 Å². The van der Waals surface area contributed by atoms with E-state index >= 15 is 0 Å². The highest BCUT2D eigenvalue weighted by molar-refractivity contribution is 9.10. The normalized spacial score (nSPS) is 12.8. The zero-order valence-electron chi connectivity index (χ0n) is 11.4. The minimum absolute atomic E-state index is 0.350. The van der Waals surface area contributed by atoms with Gasteiger partial charge in [-0.05, 0) is 45.8 Å². The van der Waals surface area contributed by atoms with E-state index in [0.717, 1.165) is 5.56 Å². The zero-order valence-corrected chi connectivity index (χ0v) is 13.0. The number of halogens is 1. The van der Waals surface area contributed by atoms with Crippen LogP contribution in [0.3, 0.4) is 0 Å². The molecule has 0 fully saturated rings. The number of hydrogen-bond donors (Lipinski definition) is 1. The predicted octanol–water partition coefficient (Wildman–Crippen LogP) is 2.00. The number of benzene rings is 1. The van der Waals surface area contributed by atoms with Gasteiger partial charge in [0.25, 0.3) is 0 Å². The molecule has 0 aliphatic carbocycles. The third-order valence-corrected chi connectivity index (χ3v) is 3.52. The minimum atomic E-state index is 0.350. The second-order valence-corrected chi connectivity index (χ2v) is 4.92. The highest BCUT2D eigenvalue weighted by Crippen LogP contribution is 2.17.